The summed E-state index contributed by atoms with van der Waals surface area (Å²) in [6.07, 6.45) is 0. The highest BCUT2D eigenvalue weighted by Crippen LogP contribution is 2.14. The zero-order chi connectivity index (χ0) is 12.3. The molecule has 0 atom stereocenters. The average molecular weight is 295 g/mol. The van der Waals surface area contributed by atoms with E-state index in [9.17, 15) is 12.8 Å². The molecule has 18 heavy (non-hydrogen) atoms. The quantitative estimate of drug-likeness (QED) is 0.904. The molecule has 1 aliphatic rings. The van der Waals surface area contributed by atoms with Crippen LogP contribution in [0, 0.1) is 5.82 Å². The molecule has 1 aromatic carbocycles. The third-order valence-corrected chi connectivity index (χ3v) is 4.59. The third kappa shape index (κ3) is 3.65. The molecule has 1 N–H and O–H groups in total. The Morgan fingerprint density at radius 3 is 2.44 bits per heavy atom. The zero-order valence-corrected chi connectivity index (χ0v) is 11.4. The van der Waals surface area contributed by atoms with Gasteiger partial charge in [0, 0.05) is 31.7 Å². The van der Waals surface area contributed by atoms with Crippen LogP contribution in [-0.2, 0) is 15.8 Å². The van der Waals surface area contributed by atoms with Crippen molar-refractivity contribution in [1.29, 1.82) is 0 Å². The van der Waals surface area contributed by atoms with Crippen molar-refractivity contribution in [3.8, 4) is 0 Å². The Hall–Kier alpha value is -0.690. The van der Waals surface area contributed by atoms with E-state index in [-0.39, 0.29) is 23.7 Å². The van der Waals surface area contributed by atoms with E-state index in [0.717, 1.165) is 0 Å². The molecule has 1 fully saturated rings. The lowest BCUT2D eigenvalue weighted by molar-refractivity contribution is 0.359. The second kappa shape index (κ2) is 6.47. The average Bonchev–Trinajstić information content (AvgIpc) is 2.33. The molecule has 0 radical (unpaired) electrons. The fourth-order valence-corrected chi connectivity index (χ4v) is 3.37. The standard InChI is InChI=1S/C11H15FN2O2S.ClH/c12-11-4-2-1-3-10(11)9-17(15,16)14-7-5-13-6-8-14;/h1-4,13H,5-9H2;1H. The van der Waals surface area contributed by atoms with Crippen molar-refractivity contribution < 1.29 is 12.8 Å². The molecule has 0 aromatic heterocycles. The minimum Gasteiger partial charge on any atom is -0.314 e. The van der Waals surface area contributed by atoms with Crippen LogP contribution in [0.2, 0.25) is 0 Å². The van der Waals surface area contributed by atoms with Crippen LogP contribution >= 0.6 is 12.4 Å². The molecule has 0 bridgehead atoms. The van der Waals surface area contributed by atoms with Gasteiger partial charge in [-0.2, -0.15) is 4.31 Å². The van der Waals surface area contributed by atoms with E-state index in [0.29, 0.717) is 26.2 Å². The van der Waals surface area contributed by atoms with Crippen LogP contribution in [0.4, 0.5) is 4.39 Å². The van der Waals surface area contributed by atoms with Crippen molar-refractivity contribution in [1.82, 2.24) is 9.62 Å². The van der Waals surface area contributed by atoms with Gasteiger partial charge < -0.3 is 5.32 Å². The molecule has 1 saturated heterocycles. The summed E-state index contributed by atoms with van der Waals surface area (Å²) in [7, 11) is -3.41. The molecule has 0 amide bonds. The van der Waals surface area contributed by atoms with Crippen molar-refractivity contribution in [3.05, 3.63) is 35.6 Å². The summed E-state index contributed by atoms with van der Waals surface area (Å²) in [5, 5.41) is 3.08. The first-order chi connectivity index (χ1) is 8.09. The Balaban J connectivity index is 0.00000162. The fourth-order valence-electron chi connectivity index (χ4n) is 1.83. The highest BCUT2D eigenvalue weighted by molar-refractivity contribution is 7.88. The summed E-state index contributed by atoms with van der Waals surface area (Å²) in [6.45, 7) is 2.21. The lowest BCUT2D eigenvalue weighted by Gasteiger charge is -2.26. The van der Waals surface area contributed by atoms with Gasteiger partial charge in [0.1, 0.15) is 5.82 Å². The summed E-state index contributed by atoms with van der Waals surface area (Å²) < 4.78 is 38.9. The van der Waals surface area contributed by atoms with Gasteiger partial charge in [-0.1, -0.05) is 18.2 Å². The Bertz CT molecular complexity index is 490. The predicted octanol–water partition coefficient (Wildman–Crippen LogP) is 0.982. The van der Waals surface area contributed by atoms with Crippen molar-refractivity contribution in [2.24, 2.45) is 0 Å². The topological polar surface area (TPSA) is 49.4 Å². The monoisotopic (exact) mass is 294 g/mol. The maximum atomic E-state index is 13.4. The van der Waals surface area contributed by atoms with Gasteiger partial charge in [0.05, 0.1) is 5.75 Å². The minimum atomic E-state index is -3.41. The van der Waals surface area contributed by atoms with Crippen molar-refractivity contribution in [3.63, 3.8) is 0 Å². The molecule has 0 aliphatic carbocycles. The van der Waals surface area contributed by atoms with E-state index < -0.39 is 15.8 Å². The predicted molar refractivity (Wildman–Crippen MR) is 70.7 cm³/mol. The van der Waals surface area contributed by atoms with Crippen LogP contribution in [-0.4, -0.2) is 38.9 Å². The molecule has 0 spiro atoms. The fraction of sp³-hybridized carbons (Fsp3) is 0.455. The zero-order valence-electron chi connectivity index (χ0n) is 9.80. The van der Waals surface area contributed by atoms with E-state index >= 15 is 0 Å². The summed E-state index contributed by atoms with van der Waals surface area (Å²) >= 11 is 0. The summed E-state index contributed by atoms with van der Waals surface area (Å²) in [6, 6.07) is 5.99. The van der Waals surface area contributed by atoms with Gasteiger partial charge in [0.25, 0.3) is 0 Å². The van der Waals surface area contributed by atoms with Gasteiger partial charge in [-0.25, -0.2) is 12.8 Å². The van der Waals surface area contributed by atoms with Gasteiger partial charge in [0.2, 0.25) is 10.0 Å². The molecule has 1 aromatic rings. The number of hydrogen-bond donors (Lipinski definition) is 1. The van der Waals surface area contributed by atoms with Gasteiger partial charge in [-0.05, 0) is 6.07 Å². The second-order valence-electron chi connectivity index (χ2n) is 4.00. The number of hydrogen-bond acceptors (Lipinski definition) is 3. The molecule has 102 valence electrons. The number of nitrogens with zero attached hydrogens (tertiary/aromatic N) is 1. The number of halogens is 2. The van der Waals surface area contributed by atoms with Crippen LogP contribution < -0.4 is 5.32 Å². The number of rotatable bonds is 3. The van der Waals surface area contributed by atoms with E-state index in [2.05, 4.69) is 5.32 Å². The first-order valence-electron chi connectivity index (χ1n) is 5.51. The second-order valence-corrected chi connectivity index (χ2v) is 5.97. The van der Waals surface area contributed by atoms with Crippen LogP contribution in [0.3, 0.4) is 0 Å². The van der Waals surface area contributed by atoms with Crippen molar-refractivity contribution in [2.45, 2.75) is 5.75 Å². The van der Waals surface area contributed by atoms with Gasteiger partial charge in [-0.3, -0.25) is 0 Å². The smallest absolute Gasteiger partial charge is 0.218 e. The number of benzene rings is 1. The SMILES string of the molecule is Cl.O=S(=O)(Cc1ccccc1F)N1CCNCC1. The Morgan fingerprint density at radius 1 is 1.22 bits per heavy atom. The maximum absolute atomic E-state index is 13.4. The summed E-state index contributed by atoms with van der Waals surface area (Å²) in [5.74, 6) is -0.731. The lowest BCUT2D eigenvalue weighted by atomic mass is 10.2. The van der Waals surface area contributed by atoms with E-state index in [1.165, 1.54) is 16.4 Å². The van der Waals surface area contributed by atoms with E-state index in [1.807, 2.05) is 0 Å². The molecule has 4 nitrogen and oxygen atoms in total. The van der Waals surface area contributed by atoms with Gasteiger partial charge in [-0.15, -0.1) is 12.4 Å². The molecule has 7 heteroatoms. The Morgan fingerprint density at radius 2 is 1.83 bits per heavy atom. The molecule has 1 heterocycles. The Labute approximate surface area is 113 Å². The molecule has 1 aliphatic heterocycles. The lowest BCUT2D eigenvalue weighted by Crippen LogP contribution is -2.46. The number of sulfonamides is 1. The Kier molecular flexibility index (Phi) is 5.52. The van der Waals surface area contributed by atoms with Crippen molar-refractivity contribution in [2.75, 3.05) is 26.2 Å². The van der Waals surface area contributed by atoms with Crippen LogP contribution in [0.5, 0.6) is 0 Å². The molecule has 0 unspecified atom stereocenters. The first-order valence-corrected chi connectivity index (χ1v) is 7.12. The largest absolute Gasteiger partial charge is 0.314 e. The summed E-state index contributed by atoms with van der Waals surface area (Å²) in [4.78, 5) is 0. The van der Waals surface area contributed by atoms with Gasteiger partial charge >= 0.3 is 0 Å². The van der Waals surface area contributed by atoms with E-state index in [1.54, 1.807) is 12.1 Å². The molecular weight excluding hydrogens is 279 g/mol. The normalized spacial score (nSPS) is 17.2. The minimum absolute atomic E-state index is 0. The molecule has 2 rings (SSSR count). The summed E-state index contributed by atoms with van der Waals surface area (Å²) in [5.41, 5.74) is 0.228. The number of nitrogens with one attached hydrogen (secondary N) is 1. The highest BCUT2D eigenvalue weighted by Gasteiger charge is 2.24. The third-order valence-electron chi connectivity index (χ3n) is 2.77. The molecule has 0 saturated carbocycles. The van der Waals surface area contributed by atoms with Crippen molar-refractivity contribution >= 4 is 22.4 Å². The molecular formula is C11H16ClFN2O2S. The van der Waals surface area contributed by atoms with Crippen LogP contribution in [0.15, 0.2) is 24.3 Å². The maximum Gasteiger partial charge on any atom is 0.218 e. The highest BCUT2D eigenvalue weighted by atomic mass is 35.5. The number of piperazine rings is 1. The van der Waals surface area contributed by atoms with Crippen LogP contribution in [0.1, 0.15) is 5.56 Å². The van der Waals surface area contributed by atoms with Gasteiger partial charge in [0.15, 0.2) is 0 Å². The first kappa shape index (κ1) is 15.4. The van der Waals surface area contributed by atoms with Crippen LogP contribution in [0.25, 0.3) is 0 Å². The van der Waals surface area contributed by atoms with E-state index in [4.69, 9.17) is 0 Å².